The average Bonchev–Trinajstić information content (AvgIpc) is 3.01. The van der Waals surface area contributed by atoms with Crippen LogP contribution in [0.5, 0.6) is 0 Å². The summed E-state index contributed by atoms with van der Waals surface area (Å²) >= 11 is 2.07. The van der Waals surface area contributed by atoms with Crippen molar-refractivity contribution in [3.8, 4) is 0 Å². The lowest BCUT2D eigenvalue weighted by molar-refractivity contribution is 0.704. The van der Waals surface area contributed by atoms with Crippen LogP contribution in [0.15, 0.2) is 29.2 Å². The zero-order valence-corrected chi connectivity index (χ0v) is 11.1. The molecule has 2 fully saturated rings. The Morgan fingerprint density at radius 3 is 2.29 bits per heavy atom. The van der Waals surface area contributed by atoms with Crippen LogP contribution in [0.4, 0.5) is 0 Å². The highest BCUT2D eigenvalue weighted by atomic mass is 32.2. The number of rotatable bonds is 4. The van der Waals surface area contributed by atoms with Gasteiger partial charge in [-0.2, -0.15) is 0 Å². The normalized spacial score (nSPS) is 22.9. The zero-order valence-electron chi connectivity index (χ0n) is 10.3. The maximum Gasteiger partial charge on any atom is 0.00944 e. The van der Waals surface area contributed by atoms with Crippen LogP contribution < -0.4 is 5.73 Å². The van der Waals surface area contributed by atoms with Crippen LogP contribution in [0.2, 0.25) is 0 Å². The van der Waals surface area contributed by atoms with Gasteiger partial charge < -0.3 is 5.73 Å². The minimum absolute atomic E-state index is 0.344. The molecule has 2 heteroatoms. The third-order valence-electron chi connectivity index (χ3n) is 4.32. The van der Waals surface area contributed by atoms with E-state index >= 15 is 0 Å². The zero-order chi connectivity index (χ0) is 11.7. The summed E-state index contributed by atoms with van der Waals surface area (Å²) < 4.78 is 0. The first kappa shape index (κ1) is 11.6. The molecule has 1 aromatic carbocycles. The second-order valence-corrected chi connectivity index (χ2v) is 6.91. The number of thioether (sulfide) groups is 1. The van der Waals surface area contributed by atoms with Gasteiger partial charge in [0.15, 0.2) is 0 Å². The molecule has 0 unspecified atom stereocenters. The smallest absolute Gasteiger partial charge is 0.00944 e. The Kier molecular flexibility index (Phi) is 3.18. The van der Waals surface area contributed by atoms with Gasteiger partial charge in [0.05, 0.1) is 0 Å². The standard InChI is InChI=1S/C15H21NS/c16-11-15(9-10-15)12-5-7-14(8-6-12)17-13-3-1-2-4-13/h5-8,13H,1-4,9-11,16H2. The molecule has 0 aliphatic heterocycles. The Bertz CT molecular complexity index is 374. The molecule has 0 amide bonds. The van der Waals surface area contributed by atoms with Gasteiger partial charge in [-0.05, 0) is 43.4 Å². The van der Waals surface area contributed by atoms with Gasteiger partial charge in [0.1, 0.15) is 0 Å². The molecule has 92 valence electrons. The Hall–Kier alpha value is -0.470. The van der Waals surface area contributed by atoms with E-state index in [-0.39, 0.29) is 0 Å². The predicted molar refractivity (Wildman–Crippen MR) is 74.5 cm³/mol. The van der Waals surface area contributed by atoms with Crippen molar-refractivity contribution in [1.82, 2.24) is 0 Å². The van der Waals surface area contributed by atoms with E-state index in [1.165, 1.54) is 49.0 Å². The van der Waals surface area contributed by atoms with Crippen molar-refractivity contribution in [2.24, 2.45) is 5.73 Å². The van der Waals surface area contributed by atoms with Crippen LogP contribution in [0.3, 0.4) is 0 Å². The molecule has 3 rings (SSSR count). The lowest BCUT2D eigenvalue weighted by atomic mass is 9.96. The van der Waals surface area contributed by atoms with Crippen molar-refractivity contribution in [2.75, 3.05) is 6.54 Å². The average molecular weight is 247 g/mol. The van der Waals surface area contributed by atoms with Gasteiger partial charge in [0.25, 0.3) is 0 Å². The van der Waals surface area contributed by atoms with Crippen LogP contribution >= 0.6 is 11.8 Å². The van der Waals surface area contributed by atoms with Crippen LogP contribution in [0.25, 0.3) is 0 Å². The van der Waals surface area contributed by atoms with Gasteiger partial charge in [-0.1, -0.05) is 25.0 Å². The number of hydrogen-bond donors (Lipinski definition) is 1. The fourth-order valence-corrected chi connectivity index (χ4v) is 4.09. The lowest BCUT2D eigenvalue weighted by Crippen LogP contribution is -2.19. The third-order valence-corrected chi connectivity index (χ3v) is 5.66. The SMILES string of the molecule is NCC1(c2ccc(SC3CCCC3)cc2)CC1. The summed E-state index contributed by atoms with van der Waals surface area (Å²) in [4.78, 5) is 1.44. The molecule has 1 aromatic rings. The van der Waals surface area contributed by atoms with Gasteiger partial charge in [-0.15, -0.1) is 11.8 Å². The van der Waals surface area contributed by atoms with Gasteiger partial charge in [-0.3, -0.25) is 0 Å². The number of benzene rings is 1. The minimum atomic E-state index is 0.344. The minimum Gasteiger partial charge on any atom is -0.330 e. The highest BCUT2D eigenvalue weighted by Crippen LogP contribution is 2.47. The molecule has 0 spiro atoms. The van der Waals surface area contributed by atoms with E-state index in [0.717, 1.165) is 11.8 Å². The van der Waals surface area contributed by atoms with Crippen molar-refractivity contribution in [3.63, 3.8) is 0 Å². The van der Waals surface area contributed by atoms with E-state index in [1.807, 2.05) is 0 Å². The molecule has 0 atom stereocenters. The second-order valence-electron chi connectivity index (χ2n) is 5.53. The van der Waals surface area contributed by atoms with Crippen LogP contribution in [-0.4, -0.2) is 11.8 Å². The summed E-state index contributed by atoms with van der Waals surface area (Å²) in [6.07, 6.45) is 8.20. The summed E-state index contributed by atoms with van der Waals surface area (Å²) in [5.41, 5.74) is 7.66. The molecule has 2 aliphatic rings. The van der Waals surface area contributed by atoms with Crippen molar-refractivity contribution in [3.05, 3.63) is 29.8 Å². The van der Waals surface area contributed by atoms with Crippen LogP contribution in [-0.2, 0) is 5.41 Å². The van der Waals surface area contributed by atoms with E-state index in [1.54, 1.807) is 0 Å². The maximum atomic E-state index is 5.87. The van der Waals surface area contributed by atoms with Crippen LogP contribution in [0.1, 0.15) is 44.1 Å². The summed E-state index contributed by atoms with van der Waals surface area (Å²) in [6.45, 7) is 0.808. The Morgan fingerprint density at radius 2 is 1.76 bits per heavy atom. The van der Waals surface area contributed by atoms with Crippen molar-refractivity contribution >= 4 is 11.8 Å². The topological polar surface area (TPSA) is 26.0 Å². The molecule has 2 saturated carbocycles. The van der Waals surface area contributed by atoms with Crippen molar-refractivity contribution in [2.45, 2.75) is 54.1 Å². The van der Waals surface area contributed by atoms with E-state index in [9.17, 15) is 0 Å². The molecule has 0 heterocycles. The fourth-order valence-electron chi connectivity index (χ4n) is 2.85. The summed E-state index contributed by atoms with van der Waals surface area (Å²) in [5, 5.41) is 0.866. The Balaban J connectivity index is 1.67. The molecule has 0 radical (unpaired) electrons. The van der Waals surface area contributed by atoms with Gasteiger partial charge in [0.2, 0.25) is 0 Å². The first-order valence-corrected chi connectivity index (χ1v) is 7.68. The largest absolute Gasteiger partial charge is 0.330 e. The first-order valence-electron chi connectivity index (χ1n) is 6.80. The van der Waals surface area contributed by atoms with E-state index in [2.05, 4.69) is 36.0 Å². The molecular formula is C15H21NS. The summed E-state index contributed by atoms with van der Waals surface area (Å²) in [5.74, 6) is 0. The van der Waals surface area contributed by atoms with Crippen LogP contribution in [0, 0.1) is 0 Å². The molecule has 1 nitrogen and oxygen atoms in total. The van der Waals surface area contributed by atoms with E-state index < -0.39 is 0 Å². The Morgan fingerprint density at radius 1 is 1.12 bits per heavy atom. The number of nitrogens with two attached hydrogens (primary N) is 1. The Labute approximate surface area is 108 Å². The molecule has 0 aromatic heterocycles. The monoisotopic (exact) mass is 247 g/mol. The summed E-state index contributed by atoms with van der Waals surface area (Å²) in [7, 11) is 0. The predicted octanol–water partition coefficient (Wildman–Crippen LogP) is 3.71. The molecule has 17 heavy (non-hydrogen) atoms. The highest BCUT2D eigenvalue weighted by Gasteiger charge is 2.42. The molecule has 2 N–H and O–H groups in total. The van der Waals surface area contributed by atoms with Gasteiger partial charge in [0, 0.05) is 22.1 Å². The quantitative estimate of drug-likeness (QED) is 0.877. The van der Waals surface area contributed by atoms with Crippen molar-refractivity contribution < 1.29 is 0 Å². The molecular weight excluding hydrogens is 226 g/mol. The fraction of sp³-hybridized carbons (Fsp3) is 0.600. The van der Waals surface area contributed by atoms with Crippen molar-refractivity contribution in [1.29, 1.82) is 0 Å². The highest BCUT2D eigenvalue weighted by molar-refractivity contribution is 8.00. The first-order chi connectivity index (χ1) is 8.32. The third kappa shape index (κ3) is 2.38. The molecule has 0 saturated heterocycles. The maximum absolute atomic E-state index is 5.87. The van der Waals surface area contributed by atoms with Gasteiger partial charge in [-0.25, -0.2) is 0 Å². The molecule has 2 aliphatic carbocycles. The van der Waals surface area contributed by atoms with E-state index in [0.29, 0.717) is 5.41 Å². The summed E-state index contributed by atoms with van der Waals surface area (Å²) in [6, 6.07) is 9.20. The molecule has 0 bridgehead atoms. The second kappa shape index (κ2) is 4.66. The lowest BCUT2D eigenvalue weighted by Gasteiger charge is -2.14. The van der Waals surface area contributed by atoms with Gasteiger partial charge >= 0.3 is 0 Å². The van der Waals surface area contributed by atoms with E-state index in [4.69, 9.17) is 5.73 Å². The number of hydrogen-bond acceptors (Lipinski definition) is 2.